The van der Waals surface area contributed by atoms with Crippen molar-refractivity contribution in [1.29, 1.82) is 0 Å². The van der Waals surface area contributed by atoms with E-state index < -0.39 is 6.03 Å². The molecule has 0 spiro atoms. The van der Waals surface area contributed by atoms with Crippen molar-refractivity contribution in [1.82, 2.24) is 10.2 Å². The summed E-state index contributed by atoms with van der Waals surface area (Å²) in [5, 5.41) is 2.41. The smallest absolute Gasteiger partial charge is 0.341 e. The van der Waals surface area contributed by atoms with E-state index >= 15 is 0 Å². The molecule has 0 atom stereocenters. The molecule has 0 bridgehead atoms. The van der Waals surface area contributed by atoms with Crippen molar-refractivity contribution in [2.45, 2.75) is 0 Å². The zero-order valence-electron chi connectivity index (χ0n) is 6.99. The number of rotatable bonds is 2. The maximum Gasteiger partial charge on any atom is 0.341 e. The summed E-state index contributed by atoms with van der Waals surface area (Å²) in [5.41, 5.74) is 4.85. The van der Waals surface area contributed by atoms with E-state index in [0.717, 1.165) is 0 Å². The van der Waals surface area contributed by atoms with Crippen molar-refractivity contribution < 1.29 is 9.59 Å². The zero-order chi connectivity index (χ0) is 9.84. The van der Waals surface area contributed by atoms with Crippen LogP contribution in [-0.4, -0.2) is 35.9 Å². The van der Waals surface area contributed by atoms with Crippen molar-refractivity contribution in [3.63, 3.8) is 0 Å². The van der Waals surface area contributed by atoms with Gasteiger partial charge in [-0.05, 0) is 0 Å². The third kappa shape index (κ3) is 2.29. The van der Waals surface area contributed by atoms with E-state index in [2.05, 4.69) is 16.9 Å². The molecule has 1 rings (SSSR count). The Morgan fingerprint density at radius 1 is 1.85 bits per heavy atom. The Bertz CT molecular complexity index is 284. The largest absolute Gasteiger partial charge is 0.350 e. The van der Waals surface area contributed by atoms with E-state index in [1.54, 1.807) is 11.0 Å². The Morgan fingerprint density at radius 3 is 3.08 bits per heavy atom. The number of guanidine groups is 1. The van der Waals surface area contributed by atoms with Crippen molar-refractivity contribution in [3.05, 3.63) is 12.7 Å². The SMILES string of the molecule is C=CCN1CC(=O)NC1=NC(N)=O. The third-order valence-corrected chi connectivity index (χ3v) is 1.45. The number of hydrogen-bond acceptors (Lipinski definition) is 2. The number of nitrogens with two attached hydrogens (primary N) is 1. The molecule has 1 aliphatic rings. The Balaban J connectivity index is 2.76. The van der Waals surface area contributed by atoms with E-state index in [4.69, 9.17) is 5.73 Å². The Morgan fingerprint density at radius 2 is 2.54 bits per heavy atom. The molecule has 0 radical (unpaired) electrons. The second-order valence-corrected chi connectivity index (χ2v) is 2.49. The molecule has 1 fully saturated rings. The molecule has 0 aromatic rings. The van der Waals surface area contributed by atoms with Crippen LogP contribution in [0.4, 0.5) is 4.79 Å². The van der Waals surface area contributed by atoms with Crippen LogP contribution in [0.3, 0.4) is 0 Å². The van der Waals surface area contributed by atoms with Gasteiger partial charge in [0.05, 0.1) is 0 Å². The Hall–Kier alpha value is -1.85. The lowest BCUT2D eigenvalue weighted by Gasteiger charge is -2.12. The standard InChI is InChI=1S/C7H10N4O2/c1-2-3-11-4-5(12)9-7(11)10-6(8)13/h2H,1,3-4H2,(H3,8,9,10,12,13). The number of hydrogen-bond donors (Lipinski definition) is 2. The van der Waals surface area contributed by atoms with Gasteiger partial charge >= 0.3 is 6.03 Å². The summed E-state index contributed by atoms with van der Waals surface area (Å²) >= 11 is 0. The maximum atomic E-state index is 10.9. The lowest BCUT2D eigenvalue weighted by molar-refractivity contribution is -0.118. The summed E-state index contributed by atoms with van der Waals surface area (Å²) in [6.45, 7) is 4.14. The average Bonchev–Trinajstić information content (AvgIpc) is 2.31. The number of urea groups is 1. The van der Waals surface area contributed by atoms with E-state index in [1.807, 2.05) is 0 Å². The molecule has 0 aliphatic carbocycles. The van der Waals surface area contributed by atoms with Gasteiger partial charge in [0.2, 0.25) is 11.9 Å². The lowest BCUT2D eigenvalue weighted by Crippen LogP contribution is -2.32. The Kier molecular flexibility index (Phi) is 2.63. The topological polar surface area (TPSA) is 87.8 Å². The van der Waals surface area contributed by atoms with Crippen molar-refractivity contribution in [3.8, 4) is 0 Å². The van der Waals surface area contributed by atoms with E-state index in [9.17, 15) is 9.59 Å². The van der Waals surface area contributed by atoms with Gasteiger partial charge in [0, 0.05) is 6.54 Å². The molecule has 13 heavy (non-hydrogen) atoms. The summed E-state index contributed by atoms with van der Waals surface area (Å²) in [4.78, 5) is 26.3. The van der Waals surface area contributed by atoms with E-state index in [0.29, 0.717) is 6.54 Å². The van der Waals surface area contributed by atoms with Crippen LogP contribution in [0.5, 0.6) is 0 Å². The molecular weight excluding hydrogens is 172 g/mol. The highest BCUT2D eigenvalue weighted by Crippen LogP contribution is 1.98. The number of nitrogens with one attached hydrogen (secondary N) is 1. The lowest BCUT2D eigenvalue weighted by atomic mass is 10.5. The van der Waals surface area contributed by atoms with E-state index in [1.165, 1.54) is 0 Å². The molecule has 3 amide bonds. The van der Waals surface area contributed by atoms with Crippen LogP contribution in [-0.2, 0) is 4.79 Å². The average molecular weight is 182 g/mol. The molecule has 1 heterocycles. The summed E-state index contributed by atoms with van der Waals surface area (Å²) in [6, 6.07) is -0.828. The third-order valence-electron chi connectivity index (χ3n) is 1.45. The van der Waals surface area contributed by atoms with Gasteiger partial charge in [-0.1, -0.05) is 6.08 Å². The molecule has 6 heteroatoms. The van der Waals surface area contributed by atoms with Crippen molar-refractivity contribution in [2.75, 3.05) is 13.1 Å². The van der Waals surface area contributed by atoms with Crippen LogP contribution in [0.2, 0.25) is 0 Å². The number of carbonyl (C=O) groups is 2. The molecule has 0 aromatic heterocycles. The molecular formula is C7H10N4O2. The van der Waals surface area contributed by atoms with Crippen LogP contribution < -0.4 is 11.1 Å². The zero-order valence-corrected chi connectivity index (χ0v) is 6.99. The van der Waals surface area contributed by atoms with Gasteiger partial charge in [-0.25, -0.2) is 4.79 Å². The molecule has 1 saturated heterocycles. The van der Waals surface area contributed by atoms with Crippen LogP contribution >= 0.6 is 0 Å². The quantitative estimate of drug-likeness (QED) is 0.539. The highest BCUT2D eigenvalue weighted by Gasteiger charge is 2.24. The highest BCUT2D eigenvalue weighted by molar-refractivity contribution is 6.07. The normalized spacial score (nSPS) is 18.9. The first-order valence-corrected chi connectivity index (χ1v) is 3.67. The van der Waals surface area contributed by atoms with Crippen molar-refractivity contribution >= 4 is 17.9 Å². The predicted molar refractivity (Wildman–Crippen MR) is 46.9 cm³/mol. The highest BCUT2D eigenvalue weighted by atomic mass is 16.2. The molecule has 0 saturated carbocycles. The first-order chi connectivity index (χ1) is 6.13. The first kappa shape index (κ1) is 9.24. The Labute approximate surface area is 75.1 Å². The molecule has 70 valence electrons. The fraction of sp³-hybridized carbons (Fsp3) is 0.286. The summed E-state index contributed by atoms with van der Waals surface area (Å²) in [7, 11) is 0. The fourth-order valence-electron chi connectivity index (χ4n) is 1.00. The number of nitrogens with zero attached hydrogens (tertiary/aromatic N) is 2. The van der Waals surface area contributed by atoms with Gasteiger partial charge in [0.25, 0.3) is 0 Å². The molecule has 3 N–H and O–H groups in total. The second-order valence-electron chi connectivity index (χ2n) is 2.49. The number of amides is 3. The maximum absolute atomic E-state index is 10.9. The summed E-state index contributed by atoms with van der Waals surface area (Å²) < 4.78 is 0. The summed E-state index contributed by atoms with van der Waals surface area (Å²) in [5.74, 6) is -0.0146. The van der Waals surface area contributed by atoms with Crippen LogP contribution in [0.25, 0.3) is 0 Å². The predicted octanol–water partition coefficient (Wildman–Crippen LogP) is -0.961. The second kappa shape index (κ2) is 3.70. The number of carbonyl (C=O) groups excluding carboxylic acids is 2. The first-order valence-electron chi connectivity index (χ1n) is 3.67. The van der Waals surface area contributed by atoms with Gasteiger partial charge < -0.3 is 10.6 Å². The van der Waals surface area contributed by atoms with Gasteiger partial charge in [-0.2, -0.15) is 4.99 Å². The van der Waals surface area contributed by atoms with Gasteiger partial charge in [-0.15, -0.1) is 6.58 Å². The van der Waals surface area contributed by atoms with E-state index in [-0.39, 0.29) is 18.4 Å². The van der Waals surface area contributed by atoms with Crippen LogP contribution in [0.1, 0.15) is 0 Å². The molecule has 0 unspecified atom stereocenters. The minimum Gasteiger partial charge on any atom is -0.350 e. The van der Waals surface area contributed by atoms with Gasteiger partial charge in [0.15, 0.2) is 0 Å². The van der Waals surface area contributed by atoms with Gasteiger partial charge in [-0.3, -0.25) is 10.1 Å². The van der Waals surface area contributed by atoms with Crippen LogP contribution in [0, 0.1) is 0 Å². The monoisotopic (exact) mass is 182 g/mol. The van der Waals surface area contributed by atoms with Crippen LogP contribution in [0.15, 0.2) is 17.6 Å². The molecule has 0 aromatic carbocycles. The minimum absolute atomic E-state index is 0.179. The fourth-order valence-corrected chi connectivity index (χ4v) is 1.00. The number of aliphatic imine (C=N–C) groups is 1. The van der Waals surface area contributed by atoms with Crippen molar-refractivity contribution in [2.24, 2.45) is 10.7 Å². The van der Waals surface area contributed by atoms with Gasteiger partial charge in [0.1, 0.15) is 6.54 Å². The minimum atomic E-state index is -0.828. The molecule has 1 aliphatic heterocycles. The summed E-state index contributed by atoms with van der Waals surface area (Å²) in [6.07, 6.45) is 1.61. The number of primary amides is 1. The molecule has 6 nitrogen and oxygen atoms in total.